The van der Waals surface area contributed by atoms with Gasteiger partial charge in [-0.2, -0.15) is 5.10 Å². The lowest BCUT2D eigenvalue weighted by Crippen LogP contribution is -2.38. The number of carbonyl (C=O) groups is 1. The van der Waals surface area contributed by atoms with Crippen molar-refractivity contribution >= 4 is 17.3 Å². The van der Waals surface area contributed by atoms with Gasteiger partial charge < -0.3 is 10.2 Å². The highest BCUT2D eigenvalue weighted by atomic mass is 19.1. The molecule has 0 spiro atoms. The van der Waals surface area contributed by atoms with Gasteiger partial charge in [-0.25, -0.2) is 13.5 Å². The number of nitrogens with one attached hydrogen (secondary N) is 1. The summed E-state index contributed by atoms with van der Waals surface area (Å²) >= 11 is 0. The van der Waals surface area contributed by atoms with Gasteiger partial charge in [0.05, 0.1) is 17.6 Å². The van der Waals surface area contributed by atoms with Gasteiger partial charge in [-0.05, 0) is 30.9 Å². The molecule has 2 aromatic rings. The molecule has 1 atom stereocenters. The number of benzene rings is 1. The fourth-order valence-electron chi connectivity index (χ4n) is 3.15. The molecule has 1 aliphatic rings. The highest BCUT2D eigenvalue weighted by molar-refractivity contribution is 5.91. The lowest BCUT2D eigenvalue weighted by Gasteiger charge is -2.33. The number of hydrogen-bond acceptors (Lipinski definition) is 4. The van der Waals surface area contributed by atoms with Gasteiger partial charge in [0.25, 0.3) is 5.56 Å². The van der Waals surface area contributed by atoms with E-state index in [1.54, 1.807) is 13.2 Å². The molecule has 1 saturated heterocycles. The van der Waals surface area contributed by atoms with Gasteiger partial charge in [-0.1, -0.05) is 0 Å². The Hall–Kier alpha value is -2.77. The van der Waals surface area contributed by atoms with Crippen LogP contribution in [0.5, 0.6) is 0 Å². The Morgan fingerprint density at radius 1 is 1.35 bits per heavy atom. The first-order valence-corrected chi connectivity index (χ1v) is 8.45. The average Bonchev–Trinajstić information content (AvgIpc) is 2.60. The van der Waals surface area contributed by atoms with Crippen molar-refractivity contribution in [2.45, 2.75) is 19.3 Å². The Bertz CT molecular complexity index is 869. The van der Waals surface area contributed by atoms with Crippen LogP contribution in [0.3, 0.4) is 0 Å². The second-order valence-electron chi connectivity index (χ2n) is 6.51. The van der Waals surface area contributed by atoms with Crippen LogP contribution in [0.1, 0.15) is 19.3 Å². The molecule has 1 aromatic heterocycles. The van der Waals surface area contributed by atoms with E-state index < -0.39 is 11.6 Å². The third-order valence-electron chi connectivity index (χ3n) is 4.52. The zero-order valence-electron chi connectivity index (χ0n) is 14.4. The zero-order valence-corrected chi connectivity index (χ0v) is 14.4. The van der Waals surface area contributed by atoms with Crippen LogP contribution in [0.15, 0.2) is 35.3 Å². The number of carbonyl (C=O) groups excluding carboxylic acids is 1. The van der Waals surface area contributed by atoms with Crippen molar-refractivity contribution in [2.75, 3.05) is 23.3 Å². The number of rotatable bonds is 4. The Morgan fingerprint density at radius 2 is 2.15 bits per heavy atom. The average molecular weight is 362 g/mol. The largest absolute Gasteiger partial charge is 0.370 e. The monoisotopic (exact) mass is 362 g/mol. The minimum atomic E-state index is -0.796. The molecule has 2 heterocycles. The third kappa shape index (κ3) is 4.25. The normalized spacial score (nSPS) is 17.2. The summed E-state index contributed by atoms with van der Waals surface area (Å²) in [4.78, 5) is 26.0. The summed E-state index contributed by atoms with van der Waals surface area (Å²) in [5.74, 6) is -1.72. The van der Waals surface area contributed by atoms with E-state index in [4.69, 9.17) is 0 Å². The van der Waals surface area contributed by atoms with Crippen LogP contribution in [-0.2, 0) is 11.8 Å². The minimum absolute atomic E-state index is 0.0279. The van der Waals surface area contributed by atoms with Crippen molar-refractivity contribution in [2.24, 2.45) is 13.0 Å². The van der Waals surface area contributed by atoms with Crippen LogP contribution in [0, 0.1) is 17.6 Å². The molecule has 3 rings (SSSR count). The highest BCUT2D eigenvalue weighted by Crippen LogP contribution is 2.24. The molecule has 0 saturated carbocycles. The van der Waals surface area contributed by atoms with Gasteiger partial charge in [-0.15, -0.1) is 0 Å². The van der Waals surface area contributed by atoms with E-state index >= 15 is 0 Å². The SMILES string of the molecule is Cn1ncc(N2CCC[C@H](CC(=O)Nc3ccc(F)cc3F)C2)cc1=O. The van der Waals surface area contributed by atoms with Crippen LogP contribution in [-0.4, -0.2) is 28.8 Å². The van der Waals surface area contributed by atoms with Gasteiger partial charge in [0.1, 0.15) is 11.6 Å². The van der Waals surface area contributed by atoms with Crippen molar-refractivity contribution in [3.05, 3.63) is 52.5 Å². The van der Waals surface area contributed by atoms with Gasteiger partial charge in [0, 0.05) is 38.7 Å². The number of amides is 1. The molecule has 1 N–H and O–H groups in total. The molecule has 1 fully saturated rings. The standard InChI is InChI=1S/C18H20F2N4O2/c1-23-18(26)9-14(10-21-23)24-6-2-3-12(11-24)7-17(25)22-16-5-4-13(19)8-15(16)20/h4-5,8-10,12H,2-3,6-7,11H2,1H3,(H,22,25)/t12-/m1/s1. The zero-order chi connectivity index (χ0) is 18.7. The topological polar surface area (TPSA) is 67.2 Å². The molecule has 1 amide bonds. The van der Waals surface area contributed by atoms with E-state index in [1.165, 1.54) is 16.8 Å². The van der Waals surface area contributed by atoms with E-state index in [0.717, 1.165) is 37.2 Å². The summed E-state index contributed by atoms with van der Waals surface area (Å²) in [6.07, 6.45) is 3.62. The van der Waals surface area contributed by atoms with Crippen molar-refractivity contribution in [3.63, 3.8) is 0 Å². The maximum atomic E-state index is 13.6. The summed E-state index contributed by atoms with van der Waals surface area (Å²) in [5.41, 5.74) is 0.525. The predicted octanol–water partition coefficient (Wildman–Crippen LogP) is 2.30. The molecule has 1 aromatic carbocycles. The Morgan fingerprint density at radius 3 is 2.88 bits per heavy atom. The predicted molar refractivity (Wildman–Crippen MR) is 94.0 cm³/mol. The van der Waals surface area contributed by atoms with E-state index in [-0.39, 0.29) is 29.5 Å². The molecular formula is C18H20F2N4O2. The summed E-state index contributed by atoms with van der Waals surface area (Å²) in [6, 6.07) is 4.58. The second kappa shape index (κ2) is 7.63. The van der Waals surface area contributed by atoms with Gasteiger partial charge in [0.2, 0.25) is 5.91 Å². The molecule has 26 heavy (non-hydrogen) atoms. The van der Waals surface area contributed by atoms with Crippen LogP contribution in [0.4, 0.5) is 20.2 Å². The van der Waals surface area contributed by atoms with Crippen LogP contribution < -0.4 is 15.8 Å². The highest BCUT2D eigenvalue weighted by Gasteiger charge is 2.23. The number of nitrogens with zero attached hydrogens (tertiary/aromatic N) is 3. The molecule has 0 unspecified atom stereocenters. The molecule has 138 valence electrons. The summed E-state index contributed by atoms with van der Waals surface area (Å²) in [6.45, 7) is 1.41. The van der Waals surface area contributed by atoms with Gasteiger partial charge in [0.15, 0.2) is 0 Å². The lowest BCUT2D eigenvalue weighted by atomic mass is 9.94. The molecule has 0 bridgehead atoms. The first-order valence-electron chi connectivity index (χ1n) is 8.45. The molecule has 0 radical (unpaired) electrons. The van der Waals surface area contributed by atoms with E-state index in [0.29, 0.717) is 6.54 Å². The minimum Gasteiger partial charge on any atom is -0.370 e. The smallest absolute Gasteiger partial charge is 0.268 e. The van der Waals surface area contributed by atoms with Crippen molar-refractivity contribution in [3.8, 4) is 0 Å². The summed E-state index contributed by atoms with van der Waals surface area (Å²) in [7, 11) is 1.59. The number of piperidine rings is 1. The fourth-order valence-corrected chi connectivity index (χ4v) is 3.15. The molecule has 0 aliphatic carbocycles. The van der Waals surface area contributed by atoms with Gasteiger partial charge >= 0.3 is 0 Å². The summed E-state index contributed by atoms with van der Waals surface area (Å²) in [5, 5.41) is 6.51. The maximum absolute atomic E-state index is 13.6. The maximum Gasteiger partial charge on any atom is 0.268 e. The van der Waals surface area contributed by atoms with Crippen molar-refractivity contribution in [1.29, 1.82) is 0 Å². The molecule has 1 aliphatic heterocycles. The van der Waals surface area contributed by atoms with E-state index in [9.17, 15) is 18.4 Å². The number of hydrogen-bond donors (Lipinski definition) is 1. The third-order valence-corrected chi connectivity index (χ3v) is 4.52. The quantitative estimate of drug-likeness (QED) is 0.906. The first-order chi connectivity index (χ1) is 12.4. The van der Waals surface area contributed by atoms with Crippen LogP contribution in [0.2, 0.25) is 0 Å². The molecule has 6 nitrogen and oxygen atoms in total. The Kier molecular flexibility index (Phi) is 5.29. The fraction of sp³-hybridized carbons (Fsp3) is 0.389. The number of aromatic nitrogens is 2. The second-order valence-corrected chi connectivity index (χ2v) is 6.51. The van der Waals surface area contributed by atoms with Crippen molar-refractivity contribution in [1.82, 2.24) is 9.78 Å². The molecule has 8 heteroatoms. The number of anilines is 2. The Labute approximate surface area is 149 Å². The van der Waals surface area contributed by atoms with Gasteiger partial charge in [-0.3, -0.25) is 9.59 Å². The first kappa shape index (κ1) is 18.0. The number of halogens is 2. The Balaban J connectivity index is 1.61. The van der Waals surface area contributed by atoms with E-state index in [1.807, 2.05) is 4.90 Å². The number of aryl methyl sites for hydroxylation is 1. The lowest BCUT2D eigenvalue weighted by molar-refractivity contribution is -0.117. The van der Waals surface area contributed by atoms with Crippen LogP contribution >= 0.6 is 0 Å². The van der Waals surface area contributed by atoms with Crippen molar-refractivity contribution < 1.29 is 13.6 Å². The van der Waals surface area contributed by atoms with Crippen LogP contribution in [0.25, 0.3) is 0 Å². The van der Waals surface area contributed by atoms with E-state index in [2.05, 4.69) is 10.4 Å². The molecular weight excluding hydrogens is 342 g/mol. The summed E-state index contributed by atoms with van der Waals surface area (Å²) < 4.78 is 27.8.